The smallest absolute Gasteiger partial charge is 0.325 e. The summed E-state index contributed by atoms with van der Waals surface area (Å²) in [5, 5.41) is 26.0. The predicted molar refractivity (Wildman–Crippen MR) is 98.3 cm³/mol. The molecular formula is C18H15F3N4S. The highest BCUT2D eigenvalue weighted by Gasteiger charge is 2.30. The second-order valence-electron chi connectivity index (χ2n) is 5.10. The van der Waals surface area contributed by atoms with Crippen LogP contribution >= 0.6 is 11.8 Å². The van der Waals surface area contributed by atoms with E-state index in [-0.39, 0.29) is 21.6 Å². The number of hydrogen-bond acceptors (Lipinski definition) is 4. The molecule has 0 aliphatic rings. The fourth-order valence-electron chi connectivity index (χ4n) is 1.91. The first-order valence-electron chi connectivity index (χ1n) is 7.37. The van der Waals surface area contributed by atoms with Gasteiger partial charge in [0, 0.05) is 10.5 Å². The summed E-state index contributed by atoms with van der Waals surface area (Å²) in [4.78, 5) is 0.283. The maximum atomic E-state index is 12.7. The number of amidine groups is 2. The van der Waals surface area contributed by atoms with E-state index in [1.54, 1.807) is 24.3 Å². The third-order valence-electron chi connectivity index (χ3n) is 3.11. The summed E-state index contributed by atoms with van der Waals surface area (Å²) in [5.74, 6) is -0.0643. The van der Waals surface area contributed by atoms with Crippen LogP contribution in [0.4, 0.5) is 13.2 Å². The average molecular weight is 376 g/mol. The number of nitrogens with one attached hydrogen (secondary N) is 4. The second-order valence-corrected chi connectivity index (χ2v) is 6.22. The van der Waals surface area contributed by atoms with Crippen LogP contribution in [0.1, 0.15) is 11.1 Å². The molecule has 26 heavy (non-hydrogen) atoms. The van der Waals surface area contributed by atoms with Crippen LogP contribution in [-0.2, 0) is 6.18 Å². The molecule has 0 bridgehead atoms. The van der Waals surface area contributed by atoms with Crippen molar-refractivity contribution in [2.45, 2.75) is 11.1 Å². The SMILES string of the molecule is N=C(/C=C\C(=N)Sc1cccc(C(F)(F)F)c1)NC(=N)c1ccccc1. The molecule has 0 saturated carbocycles. The van der Waals surface area contributed by atoms with Gasteiger partial charge in [0.15, 0.2) is 0 Å². The van der Waals surface area contributed by atoms with Crippen LogP contribution in [0.2, 0.25) is 0 Å². The lowest BCUT2D eigenvalue weighted by molar-refractivity contribution is -0.137. The van der Waals surface area contributed by atoms with E-state index in [0.29, 0.717) is 5.56 Å². The molecule has 2 rings (SSSR count). The Morgan fingerprint density at radius 3 is 2.27 bits per heavy atom. The molecule has 2 aromatic rings. The van der Waals surface area contributed by atoms with Crippen LogP contribution in [0.5, 0.6) is 0 Å². The van der Waals surface area contributed by atoms with Crippen LogP contribution in [0, 0.1) is 16.2 Å². The van der Waals surface area contributed by atoms with Gasteiger partial charge in [-0.3, -0.25) is 16.2 Å². The highest BCUT2D eigenvalue weighted by Crippen LogP contribution is 2.32. The maximum absolute atomic E-state index is 12.7. The minimum atomic E-state index is -4.43. The zero-order chi connectivity index (χ0) is 19.2. The largest absolute Gasteiger partial charge is 0.416 e. The highest BCUT2D eigenvalue weighted by molar-refractivity contribution is 8.14. The molecule has 0 aromatic heterocycles. The van der Waals surface area contributed by atoms with Crippen molar-refractivity contribution in [3.63, 3.8) is 0 Å². The van der Waals surface area contributed by atoms with Gasteiger partial charge in [-0.1, -0.05) is 48.2 Å². The molecule has 4 N–H and O–H groups in total. The van der Waals surface area contributed by atoms with Crippen LogP contribution < -0.4 is 5.32 Å². The molecule has 0 saturated heterocycles. The molecule has 0 atom stereocenters. The number of hydrogen-bond donors (Lipinski definition) is 4. The average Bonchev–Trinajstić information content (AvgIpc) is 2.60. The lowest BCUT2D eigenvalue weighted by atomic mass is 10.2. The van der Waals surface area contributed by atoms with E-state index in [0.717, 1.165) is 23.9 Å². The fraction of sp³-hybridized carbons (Fsp3) is 0.0556. The quantitative estimate of drug-likeness (QED) is 0.347. The normalized spacial score (nSPS) is 11.3. The van der Waals surface area contributed by atoms with E-state index in [9.17, 15) is 13.2 Å². The molecule has 0 heterocycles. The van der Waals surface area contributed by atoms with Gasteiger partial charge in [-0.2, -0.15) is 13.2 Å². The van der Waals surface area contributed by atoms with E-state index in [1.165, 1.54) is 24.3 Å². The van der Waals surface area contributed by atoms with E-state index in [2.05, 4.69) is 5.32 Å². The number of alkyl halides is 3. The summed E-state index contributed by atoms with van der Waals surface area (Å²) >= 11 is 0.850. The van der Waals surface area contributed by atoms with Crippen molar-refractivity contribution in [1.29, 1.82) is 16.2 Å². The summed E-state index contributed by atoms with van der Waals surface area (Å²) in [6.07, 6.45) is -1.86. The predicted octanol–water partition coefficient (Wildman–Crippen LogP) is 4.92. The third kappa shape index (κ3) is 5.89. The van der Waals surface area contributed by atoms with Crippen molar-refractivity contribution in [3.8, 4) is 0 Å². The topological polar surface area (TPSA) is 83.6 Å². The Labute approximate surface area is 152 Å². The molecular weight excluding hydrogens is 361 g/mol. The first-order chi connectivity index (χ1) is 12.3. The van der Waals surface area contributed by atoms with Crippen LogP contribution in [0.15, 0.2) is 71.6 Å². The molecule has 0 aliphatic carbocycles. The van der Waals surface area contributed by atoms with Crippen molar-refractivity contribution in [3.05, 3.63) is 77.9 Å². The van der Waals surface area contributed by atoms with E-state index < -0.39 is 11.7 Å². The number of halogens is 3. The van der Waals surface area contributed by atoms with Gasteiger partial charge in [-0.05, 0) is 30.4 Å². The lowest BCUT2D eigenvalue weighted by Crippen LogP contribution is -2.28. The molecule has 0 aliphatic heterocycles. The minimum absolute atomic E-state index is 0.0258. The number of thioether (sulfide) groups is 1. The number of rotatable bonds is 4. The monoisotopic (exact) mass is 376 g/mol. The molecule has 0 spiro atoms. The summed E-state index contributed by atoms with van der Waals surface area (Å²) in [5.41, 5.74) is -0.163. The van der Waals surface area contributed by atoms with Gasteiger partial charge >= 0.3 is 6.18 Å². The summed E-state index contributed by atoms with van der Waals surface area (Å²) in [6.45, 7) is 0. The molecule has 0 fully saturated rings. The molecule has 2 aromatic carbocycles. The first-order valence-corrected chi connectivity index (χ1v) is 8.18. The Morgan fingerprint density at radius 2 is 1.62 bits per heavy atom. The first kappa shape index (κ1) is 19.5. The number of benzene rings is 2. The van der Waals surface area contributed by atoms with Crippen molar-refractivity contribution >= 4 is 28.5 Å². The van der Waals surface area contributed by atoms with E-state index >= 15 is 0 Å². The van der Waals surface area contributed by atoms with Crippen LogP contribution in [-0.4, -0.2) is 16.7 Å². The Balaban J connectivity index is 1.93. The lowest BCUT2D eigenvalue weighted by Gasteiger charge is -2.08. The second kappa shape index (κ2) is 8.48. The van der Waals surface area contributed by atoms with Gasteiger partial charge in [-0.15, -0.1) is 0 Å². The van der Waals surface area contributed by atoms with Crippen molar-refractivity contribution in [2.75, 3.05) is 0 Å². The Bertz CT molecular complexity index is 845. The minimum Gasteiger partial charge on any atom is -0.325 e. The highest BCUT2D eigenvalue weighted by atomic mass is 32.2. The van der Waals surface area contributed by atoms with Crippen LogP contribution in [0.3, 0.4) is 0 Å². The molecule has 8 heteroatoms. The Hall–Kier alpha value is -2.87. The van der Waals surface area contributed by atoms with E-state index in [4.69, 9.17) is 16.2 Å². The summed E-state index contributed by atoms with van der Waals surface area (Å²) in [7, 11) is 0. The van der Waals surface area contributed by atoms with Crippen LogP contribution in [0.25, 0.3) is 0 Å². The van der Waals surface area contributed by atoms with Gasteiger partial charge < -0.3 is 5.32 Å². The molecule has 0 radical (unpaired) electrons. The van der Waals surface area contributed by atoms with Gasteiger partial charge in [0.2, 0.25) is 0 Å². The van der Waals surface area contributed by atoms with Crippen molar-refractivity contribution in [1.82, 2.24) is 5.32 Å². The molecule has 134 valence electrons. The Kier molecular flexibility index (Phi) is 6.35. The maximum Gasteiger partial charge on any atom is 0.416 e. The molecule has 0 amide bonds. The zero-order valence-electron chi connectivity index (χ0n) is 13.4. The van der Waals surface area contributed by atoms with E-state index in [1.807, 2.05) is 6.07 Å². The van der Waals surface area contributed by atoms with Gasteiger partial charge in [0.05, 0.1) is 10.6 Å². The Morgan fingerprint density at radius 1 is 0.923 bits per heavy atom. The van der Waals surface area contributed by atoms with Gasteiger partial charge in [0.1, 0.15) is 11.7 Å². The summed E-state index contributed by atoms with van der Waals surface area (Å²) < 4.78 is 38.1. The van der Waals surface area contributed by atoms with Gasteiger partial charge in [-0.25, -0.2) is 0 Å². The van der Waals surface area contributed by atoms with Gasteiger partial charge in [0.25, 0.3) is 0 Å². The summed E-state index contributed by atoms with van der Waals surface area (Å²) in [6, 6.07) is 13.5. The molecule has 4 nitrogen and oxygen atoms in total. The van der Waals surface area contributed by atoms with Crippen molar-refractivity contribution < 1.29 is 13.2 Å². The zero-order valence-corrected chi connectivity index (χ0v) is 14.2. The third-order valence-corrected chi connectivity index (χ3v) is 3.96. The molecule has 0 unspecified atom stereocenters. The fourth-order valence-corrected chi connectivity index (χ4v) is 2.63. The van der Waals surface area contributed by atoms with Crippen molar-refractivity contribution in [2.24, 2.45) is 0 Å². The standard InChI is InChI=1S/C18H15F3N4S/c19-18(20,21)13-7-4-8-14(11-13)26-16(23)10-9-15(22)25-17(24)12-5-2-1-3-6-12/h1-11,23H,(H3,22,24,25)/b10-9-,23-16?.